The number of aryl methyl sites for hydroxylation is 2. The van der Waals surface area contributed by atoms with Crippen molar-refractivity contribution in [1.82, 2.24) is 4.57 Å². The van der Waals surface area contributed by atoms with Gasteiger partial charge in [0.25, 0.3) is 0 Å². The Morgan fingerprint density at radius 1 is 0.585 bits per heavy atom. The minimum Gasteiger partial charge on any atom is -1.00 e. The number of nitrogens with zero attached hydrogens (tertiary/aromatic N) is 2. The van der Waals surface area contributed by atoms with E-state index < -0.39 is 19.7 Å². The van der Waals surface area contributed by atoms with Crippen molar-refractivity contribution >= 4 is 19.7 Å². The SMILES string of the molecule is CCCCCCCCC=CCCCCCCCC(=O)OP(N)(=O)OC(=O)CCCCCCCC=CCCCCCCCC.CCCn1cc[n+](C)c1.[I-]. The van der Waals surface area contributed by atoms with Gasteiger partial charge in [-0.25, -0.2) is 19.2 Å². The van der Waals surface area contributed by atoms with Crippen molar-refractivity contribution in [2.24, 2.45) is 12.6 Å². The van der Waals surface area contributed by atoms with Gasteiger partial charge in [0.15, 0.2) is 0 Å². The maximum atomic E-state index is 12.2. The van der Waals surface area contributed by atoms with E-state index in [-0.39, 0.29) is 36.8 Å². The van der Waals surface area contributed by atoms with Crippen LogP contribution in [0, 0.1) is 0 Å². The van der Waals surface area contributed by atoms with Crippen molar-refractivity contribution in [3.05, 3.63) is 43.0 Å². The van der Waals surface area contributed by atoms with Crippen molar-refractivity contribution in [2.45, 2.75) is 214 Å². The molecular weight excluding hydrogens is 796 g/mol. The summed E-state index contributed by atoms with van der Waals surface area (Å²) in [7, 11) is -2.16. The summed E-state index contributed by atoms with van der Waals surface area (Å²) < 4.78 is 26.1. The first kappa shape index (κ1) is 53.7. The highest BCUT2D eigenvalue weighted by Crippen LogP contribution is 2.40. The summed E-state index contributed by atoms with van der Waals surface area (Å²) in [5.74, 6) is -1.34. The molecular formula is C43H81IN3O5P. The van der Waals surface area contributed by atoms with Crippen LogP contribution in [0.15, 0.2) is 43.0 Å². The van der Waals surface area contributed by atoms with E-state index in [4.69, 9.17) is 14.6 Å². The average Bonchev–Trinajstić information content (AvgIpc) is 3.52. The Morgan fingerprint density at radius 3 is 1.25 bits per heavy atom. The first-order chi connectivity index (χ1) is 25.2. The quantitative estimate of drug-likeness (QED) is 0.0243. The normalized spacial score (nSPS) is 12.3. The molecule has 0 atom stereocenters. The van der Waals surface area contributed by atoms with Crippen LogP contribution >= 0.6 is 7.75 Å². The van der Waals surface area contributed by atoms with Gasteiger partial charge in [-0.2, -0.15) is 0 Å². The molecule has 2 N–H and O–H groups in total. The number of hydrogen-bond acceptors (Lipinski definition) is 5. The number of imidazole rings is 1. The van der Waals surface area contributed by atoms with Crippen LogP contribution in [-0.2, 0) is 36.8 Å². The second-order valence-corrected chi connectivity index (χ2v) is 15.9. The maximum absolute atomic E-state index is 12.2. The molecule has 0 aliphatic rings. The minimum atomic E-state index is -4.20. The highest BCUT2D eigenvalue weighted by Gasteiger charge is 2.27. The van der Waals surface area contributed by atoms with E-state index in [1.54, 1.807) is 0 Å². The van der Waals surface area contributed by atoms with Gasteiger partial charge in [-0.3, -0.25) is 9.59 Å². The maximum Gasteiger partial charge on any atom is 0.514 e. The van der Waals surface area contributed by atoms with Crippen molar-refractivity contribution in [2.75, 3.05) is 0 Å². The van der Waals surface area contributed by atoms with Gasteiger partial charge in [-0.1, -0.05) is 148 Å². The van der Waals surface area contributed by atoms with Crippen LogP contribution in [0.2, 0.25) is 0 Å². The van der Waals surface area contributed by atoms with Crippen LogP contribution in [0.1, 0.15) is 207 Å². The minimum absolute atomic E-state index is 0. The second-order valence-electron chi connectivity index (χ2n) is 14.5. The van der Waals surface area contributed by atoms with E-state index in [9.17, 15) is 14.2 Å². The molecule has 0 aromatic carbocycles. The van der Waals surface area contributed by atoms with E-state index in [1.165, 1.54) is 96.3 Å². The predicted molar refractivity (Wildman–Crippen MR) is 219 cm³/mol. The monoisotopic (exact) mass is 877 g/mol. The third-order valence-electron chi connectivity index (χ3n) is 9.05. The molecule has 0 amide bonds. The first-order valence-corrected chi connectivity index (χ1v) is 23.0. The molecule has 53 heavy (non-hydrogen) atoms. The number of carbonyl (C=O) groups is 2. The second kappa shape index (κ2) is 40.2. The lowest BCUT2D eigenvalue weighted by Gasteiger charge is -2.13. The van der Waals surface area contributed by atoms with Gasteiger partial charge in [0.05, 0.1) is 13.6 Å². The van der Waals surface area contributed by atoms with Crippen molar-refractivity contribution in [3.8, 4) is 0 Å². The number of halogens is 1. The molecule has 0 unspecified atom stereocenters. The first-order valence-electron chi connectivity index (χ1n) is 21.4. The lowest BCUT2D eigenvalue weighted by molar-refractivity contribution is -0.671. The number of unbranched alkanes of at least 4 members (excludes halogenated alkanes) is 22. The lowest BCUT2D eigenvalue weighted by atomic mass is 10.1. The Kier molecular flexibility index (Phi) is 40.7. The Bertz CT molecular complexity index is 1020. The summed E-state index contributed by atoms with van der Waals surface area (Å²) in [4.78, 5) is 24.0. The largest absolute Gasteiger partial charge is 1.00 e. The molecule has 1 rings (SSSR count). The third kappa shape index (κ3) is 40.0. The summed E-state index contributed by atoms with van der Waals surface area (Å²) in [5, 5.41) is 0. The van der Waals surface area contributed by atoms with Gasteiger partial charge in [0, 0.05) is 12.8 Å². The van der Waals surface area contributed by atoms with Crippen LogP contribution in [0.5, 0.6) is 0 Å². The molecule has 0 bridgehead atoms. The predicted octanol–water partition coefficient (Wildman–Crippen LogP) is 9.94. The summed E-state index contributed by atoms with van der Waals surface area (Å²) in [5.41, 5.74) is 5.49. The van der Waals surface area contributed by atoms with Gasteiger partial charge < -0.3 is 33.0 Å². The summed E-state index contributed by atoms with van der Waals surface area (Å²) in [6.45, 7) is 7.80. The average molecular weight is 878 g/mol. The Labute approximate surface area is 343 Å². The van der Waals surface area contributed by atoms with Gasteiger partial charge in [0.1, 0.15) is 12.4 Å². The van der Waals surface area contributed by atoms with Crippen LogP contribution in [-0.4, -0.2) is 16.5 Å². The van der Waals surface area contributed by atoms with E-state index in [2.05, 4.69) is 72.9 Å². The number of hydrogen-bond donors (Lipinski definition) is 1. The number of carbonyl (C=O) groups excluding carboxylic acids is 2. The molecule has 1 heterocycles. The third-order valence-corrected chi connectivity index (χ3v) is 9.97. The standard InChI is InChI=1S/C36H68NO5P.C7H13N2.HI/c1-3-5-7-9-11-13-15-17-19-21-23-25-27-29-31-33-35(38)41-43(37,40)42-36(39)34-32-30-28-26-24-22-20-18-16-14-12-10-8-6-4-2;1-3-4-9-6-5-8(2)7-9;/h17-20H,3-16,21-34H2,1-2H3,(H2,37,40);5-7H,3-4H2,1-2H3;1H/q;+1;/p-1. The fraction of sp³-hybridized carbons (Fsp3) is 0.791. The zero-order valence-electron chi connectivity index (χ0n) is 34.6. The molecule has 0 aliphatic heterocycles. The number of nitrogens with two attached hydrogens (primary N) is 1. The van der Waals surface area contributed by atoms with E-state index >= 15 is 0 Å². The number of allylic oxidation sites excluding steroid dienone is 4. The van der Waals surface area contributed by atoms with Crippen LogP contribution in [0.3, 0.4) is 0 Å². The zero-order valence-corrected chi connectivity index (χ0v) is 37.6. The molecule has 310 valence electrons. The van der Waals surface area contributed by atoms with Gasteiger partial charge >= 0.3 is 19.7 Å². The van der Waals surface area contributed by atoms with Gasteiger partial charge in [-0.05, 0) is 70.6 Å². The summed E-state index contributed by atoms with van der Waals surface area (Å²) in [6.07, 6.45) is 47.3. The van der Waals surface area contributed by atoms with Gasteiger partial charge in [-0.15, -0.1) is 0 Å². The van der Waals surface area contributed by atoms with Crippen molar-refractivity contribution in [1.29, 1.82) is 0 Å². The molecule has 0 saturated carbocycles. The molecule has 0 saturated heterocycles. The highest BCUT2D eigenvalue weighted by molar-refractivity contribution is 7.52. The smallest absolute Gasteiger partial charge is 0.514 e. The van der Waals surface area contributed by atoms with E-state index in [0.717, 1.165) is 70.8 Å². The lowest BCUT2D eigenvalue weighted by Crippen LogP contribution is -3.00. The Morgan fingerprint density at radius 2 is 0.925 bits per heavy atom. The summed E-state index contributed by atoms with van der Waals surface area (Å²) >= 11 is 0. The molecule has 0 fully saturated rings. The van der Waals surface area contributed by atoms with Crippen LogP contribution in [0.25, 0.3) is 0 Å². The molecule has 8 nitrogen and oxygen atoms in total. The van der Waals surface area contributed by atoms with Crippen LogP contribution in [0.4, 0.5) is 0 Å². The zero-order chi connectivity index (χ0) is 38.4. The van der Waals surface area contributed by atoms with Crippen molar-refractivity contribution in [3.63, 3.8) is 0 Å². The topological polar surface area (TPSA) is 104 Å². The van der Waals surface area contributed by atoms with Crippen LogP contribution < -0.4 is 34.0 Å². The summed E-state index contributed by atoms with van der Waals surface area (Å²) in [6, 6.07) is 0. The molecule has 1 aromatic rings. The molecule has 1 aromatic heterocycles. The number of rotatable bonds is 34. The highest BCUT2D eigenvalue weighted by atomic mass is 127. The fourth-order valence-corrected chi connectivity index (χ4v) is 6.75. The fourth-order valence-electron chi connectivity index (χ4n) is 5.97. The van der Waals surface area contributed by atoms with E-state index in [0.29, 0.717) is 12.8 Å². The van der Waals surface area contributed by atoms with Gasteiger partial charge in [0.2, 0.25) is 6.33 Å². The number of aromatic nitrogens is 2. The van der Waals surface area contributed by atoms with Crippen molar-refractivity contribution < 1.29 is 51.7 Å². The Hall–Kier alpha value is -1.45. The molecule has 0 spiro atoms. The molecule has 0 radical (unpaired) electrons. The van der Waals surface area contributed by atoms with E-state index in [1.807, 2.05) is 7.05 Å². The molecule has 10 heteroatoms. The molecule has 0 aliphatic carbocycles. The Balaban J connectivity index is 0.